The molecule has 0 fully saturated rings. The highest BCUT2D eigenvalue weighted by atomic mass is 35.5. The lowest BCUT2D eigenvalue weighted by molar-refractivity contribution is -0.111. The van der Waals surface area contributed by atoms with Crippen LogP contribution in [0.4, 0.5) is 11.4 Å². The van der Waals surface area contributed by atoms with Gasteiger partial charge in [-0.25, -0.2) is 0 Å². The predicted octanol–water partition coefficient (Wildman–Crippen LogP) is 3.58. The number of rotatable bonds is 4. The molecule has 0 saturated heterocycles. The van der Waals surface area contributed by atoms with E-state index in [1.807, 2.05) is 24.3 Å². The van der Waals surface area contributed by atoms with E-state index in [0.29, 0.717) is 16.4 Å². The summed E-state index contributed by atoms with van der Waals surface area (Å²) in [6.45, 7) is 0. The lowest BCUT2D eigenvalue weighted by Gasteiger charge is -2.06. The molecule has 108 valence electrons. The van der Waals surface area contributed by atoms with Crippen LogP contribution in [-0.2, 0) is 4.79 Å². The molecule has 3 N–H and O–H groups in total. The second-order valence-electron chi connectivity index (χ2n) is 4.33. The number of nitrogens with one attached hydrogen (secondary N) is 1. The highest BCUT2D eigenvalue weighted by Gasteiger charge is 2.03. The van der Waals surface area contributed by atoms with E-state index >= 15 is 0 Å². The molecule has 2 aromatic carbocycles. The molecule has 0 bridgehead atoms. The third-order valence-corrected chi connectivity index (χ3v) is 3.03. The molecule has 0 heterocycles. The largest absolute Gasteiger partial charge is 0.497 e. The van der Waals surface area contributed by atoms with Crippen molar-refractivity contribution in [3.05, 3.63) is 59.1 Å². The first-order valence-corrected chi connectivity index (χ1v) is 6.64. The number of benzene rings is 2. The number of methoxy groups -OCH3 is 1. The van der Waals surface area contributed by atoms with E-state index in [2.05, 4.69) is 5.32 Å². The van der Waals surface area contributed by atoms with E-state index in [0.717, 1.165) is 11.3 Å². The van der Waals surface area contributed by atoms with Crippen molar-refractivity contribution < 1.29 is 9.53 Å². The number of carbonyl (C=O) groups is 1. The summed E-state index contributed by atoms with van der Waals surface area (Å²) in [5.41, 5.74) is 7.59. The third kappa shape index (κ3) is 4.26. The van der Waals surface area contributed by atoms with Gasteiger partial charge in [-0.15, -0.1) is 0 Å². The predicted molar refractivity (Wildman–Crippen MR) is 86.5 cm³/mol. The quantitative estimate of drug-likeness (QED) is 0.670. The zero-order valence-electron chi connectivity index (χ0n) is 11.5. The Morgan fingerprint density at radius 2 is 2.10 bits per heavy atom. The Morgan fingerprint density at radius 1 is 1.29 bits per heavy atom. The van der Waals surface area contributed by atoms with Crippen LogP contribution >= 0.6 is 11.6 Å². The van der Waals surface area contributed by atoms with Crippen molar-refractivity contribution in [1.82, 2.24) is 0 Å². The number of hydrogen-bond donors (Lipinski definition) is 2. The van der Waals surface area contributed by atoms with E-state index in [4.69, 9.17) is 22.1 Å². The normalized spacial score (nSPS) is 10.6. The molecule has 4 nitrogen and oxygen atoms in total. The molecule has 5 heteroatoms. The molecule has 1 amide bonds. The minimum atomic E-state index is -0.271. The Labute approximate surface area is 128 Å². The summed E-state index contributed by atoms with van der Waals surface area (Å²) in [6.07, 6.45) is 3.13. The van der Waals surface area contributed by atoms with Gasteiger partial charge in [0, 0.05) is 11.1 Å². The zero-order valence-corrected chi connectivity index (χ0v) is 12.2. The molecule has 0 spiro atoms. The summed E-state index contributed by atoms with van der Waals surface area (Å²) < 4.78 is 5.12. The van der Waals surface area contributed by atoms with Gasteiger partial charge in [0.2, 0.25) is 5.91 Å². The first-order chi connectivity index (χ1) is 10.1. The Hall–Kier alpha value is -2.46. The molecule has 0 aliphatic rings. The van der Waals surface area contributed by atoms with Gasteiger partial charge in [0.1, 0.15) is 5.75 Å². The van der Waals surface area contributed by atoms with E-state index in [-0.39, 0.29) is 5.91 Å². The summed E-state index contributed by atoms with van der Waals surface area (Å²) >= 11 is 5.80. The molecule has 0 unspecified atom stereocenters. The molecule has 0 saturated carbocycles. The van der Waals surface area contributed by atoms with Gasteiger partial charge in [-0.1, -0.05) is 23.7 Å². The van der Waals surface area contributed by atoms with E-state index < -0.39 is 0 Å². The Morgan fingerprint density at radius 3 is 2.81 bits per heavy atom. The van der Waals surface area contributed by atoms with Crippen molar-refractivity contribution in [3.8, 4) is 5.75 Å². The molecule has 0 aliphatic carbocycles. The minimum absolute atomic E-state index is 0.271. The molecular weight excluding hydrogens is 288 g/mol. The Kier molecular flexibility index (Phi) is 4.85. The van der Waals surface area contributed by atoms with Gasteiger partial charge < -0.3 is 15.8 Å². The monoisotopic (exact) mass is 302 g/mol. The second-order valence-corrected chi connectivity index (χ2v) is 4.77. The number of amides is 1. The lowest BCUT2D eigenvalue weighted by atomic mass is 10.2. The molecule has 0 atom stereocenters. The van der Waals surface area contributed by atoms with Crippen LogP contribution in [0.15, 0.2) is 48.5 Å². The topological polar surface area (TPSA) is 64.3 Å². The summed E-state index contributed by atoms with van der Waals surface area (Å²) in [5.74, 6) is 0.464. The van der Waals surface area contributed by atoms with Crippen molar-refractivity contribution in [1.29, 1.82) is 0 Å². The van der Waals surface area contributed by atoms with Crippen LogP contribution in [0.1, 0.15) is 5.56 Å². The standard InChI is InChI=1S/C16H15ClN2O2/c1-21-13-4-2-3-11(9-13)5-8-16(20)19-15-7-6-12(17)10-14(15)18/h2-10H,18H2,1H3,(H,19,20)/b8-5+. The van der Waals surface area contributed by atoms with Gasteiger partial charge in [0.25, 0.3) is 0 Å². The van der Waals surface area contributed by atoms with Crippen LogP contribution in [-0.4, -0.2) is 13.0 Å². The minimum Gasteiger partial charge on any atom is -0.497 e. The maximum absolute atomic E-state index is 11.9. The highest BCUT2D eigenvalue weighted by Crippen LogP contribution is 2.22. The number of anilines is 2. The lowest BCUT2D eigenvalue weighted by Crippen LogP contribution is -2.09. The van der Waals surface area contributed by atoms with E-state index in [9.17, 15) is 4.79 Å². The Bertz CT molecular complexity index is 684. The average molecular weight is 303 g/mol. The molecule has 0 aromatic heterocycles. The molecule has 21 heavy (non-hydrogen) atoms. The fourth-order valence-corrected chi connectivity index (χ4v) is 1.92. The van der Waals surface area contributed by atoms with Crippen LogP contribution in [0, 0.1) is 0 Å². The molecular formula is C16H15ClN2O2. The third-order valence-electron chi connectivity index (χ3n) is 2.79. The van der Waals surface area contributed by atoms with Crippen molar-refractivity contribution in [2.45, 2.75) is 0 Å². The average Bonchev–Trinajstić information content (AvgIpc) is 2.48. The van der Waals surface area contributed by atoms with Gasteiger partial charge in [-0.05, 0) is 42.0 Å². The molecule has 0 aliphatic heterocycles. The SMILES string of the molecule is COc1cccc(/C=C/C(=O)Nc2ccc(Cl)cc2N)c1. The second kappa shape index (κ2) is 6.81. The first kappa shape index (κ1) is 14.9. The smallest absolute Gasteiger partial charge is 0.248 e. The zero-order chi connectivity index (χ0) is 15.2. The van der Waals surface area contributed by atoms with Crippen LogP contribution < -0.4 is 15.8 Å². The number of halogens is 1. The molecule has 2 rings (SSSR count). The number of hydrogen-bond acceptors (Lipinski definition) is 3. The maximum atomic E-state index is 11.9. The summed E-state index contributed by atoms with van der Waals surface area (Å²) in [4.78, 5) is 11.9. The first-order valence-electron chi connectivity index (χ1n) is 6.26. The van der Waals surface area contributed by atoms with Crippen LogP contribution in [0.5, 0.6) is 5.75 Å². The van der Waals surface area contributed by atoms with Gasteiger partial charge in [0.15, 0.2) is 0 Å². The summed E-state index contributed by atoms with van der Waals surface area (Å²) in [5, 5.41) is 3.22. The van der Waals surface area contributed by atoms with Gasteiger partial charge in [0.05, 0.1) is 18.5 Å². The van der Waals surface area contributed by atoms with Crippen LogP contribution in [0.2, 0.25) is 5.02 Å². The molecule has 2 aromatic rings. The number of nitrogen functional groups attached to an aromatic ring is 1. The number of carbonyl (C=O) groups excluding carboxylic acids is 1. The summed E-state index contributed by atoms with van der Waals surface area (Å²) in [7, 11) is 1.60. The van der Waals surface area contributed by atoms with E-state index in [1.54, 1.807) is 31.4 Å². The van der Waals surface area contributed by atoms with Crippen LogP contribution in [0.3, 0.4) is 0 Å². The van der Waals surface area contributed by atoms with Crippen molar-refractivity contribution in [3.63, 3.8) is 0 Å². The Balaban J connectivity index is 2.05. The van der Waals surface area contributed by atoms with E-state index in [1.165, 1.54) is 6.08 Å². The fraction of sp³-hybridized carbons (Fsp3) is 0.0625. The van der Waals surface area contributed by atoms with Crippen LogP contribution in [0.25, 0.3) is 6.08 Å². The van der Waals surface area contributed by atoms with Crippen molar-refractivity contribution >= 4 is 35.0 Å². The summed E-state index contributed by atoms with van der Waals surface area (Å²) in [6, 6.07) is 12.3. The fourth-order valence-electron chi connectivity index (χ4n) is 1.74. The van der Waals surface area contributed by atoms with Crippen molar-refractivity contribution in [2.24, 2.45) is 0 Å². The molecule has 0 radical (unpaired) electrons. The number of ether oxygens (including phenoxy) is 1. The van der Waals surface area contributed by atoms with Gasteiger partial charge in [-0.3, -0.25) is 4.79 Å². The highest BCUT2D eigenvalue weighted by molar-refractivity contribution is 6.31. The van der Waals surface area contributed by atoms with Gasteiger partial charge in [-0.2, -0.15) is 0 Å². The van der Waals surface area contributed by atoms with Gasteiger partial charge >= 0.3 is 0 Å². The van der Waals surface area contributed by atoms with Crippen molar-refractivity contribution in [2.75, 3.05) is 18.2 Å². The maximum Gasteiger partial charge on any atom is 0.248 e. The number of nitrogens with two attached hydrogens (primary N) is 1.